The molecule has 0 saturated carbocycles. The third kappa shape index (κ3) is 4.20. The number of fused-ring (bicyclic) bond motifs is 1. The normalized spacial score (nSPS) is 11.2. The van der Waals surface area contributed by atoms with Gasteiger partial charge < -0.3 is 15.2 Å². The number of hydrogen-bond donors (Lipinski definition) is 2. The van der Waals surface area contributed by atoms with Crippen molar-refractivity contribution in [3.63, 3.8) is 0 Å². The number of H-pyrrole nitrogens is 1. The molecule has 0 aliphatic heterocycles. The molecule has 4 nitrogen and oxygen atoms in total. The van der Waals surface area contributed by atoms with Gasteiger partial charge in [0.05, 0.1) is 6.54 Å². The van der Waals surface area contributed by atoms with Gasteiger partial charge in [0.25, 0.3) is 0 Å². The first-order valence-corrected chi connectivity index (χ1v) is 8.67. The topological polar surface area (TPSA) is 48.1 Å². The van der Waals surface area contributed by atoms with Crippen LogP contribution in [0.25, 0.3) is 10.9 Å². The molecule has 0 unspecified atom stereocenters. The van der Waals surface area contributed by atoms with Crippen molar-refractivity contribution < 1.29 is 4.79 Å². The largest absolute Gasteiger partial charge is 0.357 e. The molecule has 0 aliphatic carbocycles. The van der Waals surface area contributed by atoms with Gasteiger partial charge in [0.2, 0.25) is 0 Å². The number of rotatable bonds is 6. The highest BCUT2D eigenvalue weighted by molar-refractivity contribution is 6.32. The lowest BCUT2D eigenvalue weighted by atomic mass is 10.0. The summed E-state index contributed by atoms with van der Waals surface area (Å²) in [5, 5.41) is 4.84. The third-order valence-electron chi connectivity index (χ3n) is 4.01. The number of benzene rings is 1. The fraction of sp³-hybridized carbons (Fsp3) is 0.500. The summed E-state index contributed by atoms with van der Waals surface area (Å²) in [6.45, 7) is 10.3. The van der Waals surface area contributed by atoms with E-state index in [2.05, 4.69) is 37.1 Å². The lowest BCUT2D eigenvalue weighted by Gasteiger charge is -2.20. The molecular formula is C18H26ClN3O. The molecule has 2 aromatic rings. The number of aromatic amines is 1. The Morgan fingerprint density at radius 3 is 2.65 bits per heavy atom. The van der Waals surface area contributed by atoms with Crippen molar-refractivity contribution in [1.82, 2.24) is 15.2 Å². The molecule has 23 heavy (non-hydrogen) atoms. The summed E-state index contributed by atoms with van der Waals surface area (Å²) < 4.78 is 0. The van der Waals surface area contributed by atoms with Crippen molar-refractivity contribution >= 4 is 28.5 Å². The standard InChI is InChI=1S/C18H26ClN3O/c1-5-7-22(6-2)18(23)20-11-14-8-13-9-16(19)15(12(3)4)10-17(13)21-14/h8-10,12,21H,5-7,11H2,1-4H3,(H,20,23). The van der Waals surface area contributed by atoms with Crippen LogP contribution in [0.5, 0.6) is 0 Å². The lowest BCUT2D eigenvalue weighted by Crippen LogP contribution is -2.39. The Labute approximate surface area is 143 Å². The van der Waals surface area contributed by atoms with E-state index in [0.29, 0.717) is 12.5 Å². The molecule has 126 valence electrons. The maximum atomic E-state index is 12.1. The zero-order valence-corrected chi connectivity index (χ0v) is 15.1. The van der Waals surface area contributed by atoms with Crippen molar-refractivity contribution in [2.45, 2.75) is 46.6 Å². The van der Waals surface area contributed by atoms with Gasteiger partial charge in [-0.25, -0.2) is 4.79 Å². The lowest BCUT2D eigenvalue weighted by molar-refractivity contribution is 0.200. The fourth-order valence-electron chi connectivity index (χ4n) is 2.72. The fourth-order valence-corrected chi connectivity index (χ4v) is 3.11. The number of nitrogens with zero attached hydrogens (tertiary/aromatic N) is 1. The van der Waals surface area contributed by atoms with Crippen LogP contribution in [0.4, 0.5) is 4.79 Å². The number of urea groups is 1. The van der Waals surface area contributed by atoms with Crippen LogP contribution in [-0.2, 0) is 6.54 Å². The summed E-state index contributed by atoms with van der Waals surface area (Å²) in [5.41, 5.74) is 3.18. The average molecular weight is 336 g/mol. The van der Waals surface area contributed by atoms with Crippen molar-refractivity contribution in [2.75, 3.05) is 13.1 Å². The van der Waals surface area contributed by atoms with E-state index in [9.17, 15) is 4.79 Å². The van der Waals surface area contributed by atoms with Crippen LogP contribution in [0, 0.1) is 0 Å². The second-order valence-electron chi connectivity index (χ2n) is 6.15. The number of carbonyl (C=O) groups excluding carboxylic acids is 1. The van der Waals surface area contributed by atoms with Gasteiger partial charge in [-0.1, -0.05) is 32.4 Å². The molecule has 2 amide bonds. The van der Waals surface area contributed by atoms with Gasteiger partial charge in [-0.2, -0.15) is 0 Å². The van der Waals surface area contributed by atoms with E-state index in [4.69, 9.17) is 11.6 Å². The van der Waals surface area contributed by atoms with E-state index in [1.807, 2.05) is 24.0 Å². The smallest absolute Gasteiger partial charge is 0.317 e. The van der Waals surface area contributed by atoms with Crippen LogP contribution in [-0.4, -0.2) is 29.0 Å². The molecule has 0 saturated heterocycles. The van der Waals surface area contributed by atoms with Crippen LogP contribution in [0.1, 0.15) is 51.3 Å². The number of carbonyl (C=O) groups is 1. The molecule has 0 atom stereocenters. The van der Waals surface area contributed by atoms with Gasteiger partial charge in [-0.15, -0.1) is 0 Å². The molecule has 2 N–H and O–H groups in total. The number of halogens is 1. The number of nitrogens with one attached hydrogen (secondary N) is 2. The van der Waals surface area contributed by atoms with Gasteiger partial charge in [0.1, 0.15) is 0 Å². The minimum absolute atomic E-state index is 0.0195. The Kier molecular flexibility index (Phi) is 5.94. The van der Waals surface area contributed by atoms with E-state index in [1.165, 1.54) is 0 Å². The predicted octanol–water partition coefficient (Wildman–Crippen LogP) is 4.89. The maximum absolute atomic E-state index is 12.1. The third-order valence-corrected chi connectivity index (χ3v) is 4.34. The zero-order valence-electron chi connectivity index (χ0n) is 14.4. The van der Waals surface area contributed by atoms with Gasteiger partial charge in [0, 0.05) is 34.7 Å². The Morgan fingerprint density at radius 2 is 2.04 bits per heavy atom. The summed E-state index contributed by atoms with van der Waals surface area (Å²) >= 11 is 6.34. The molecule has 0 spiro atoms. The first kappa shape index (κ1) is 17.7. The van der Waals surface area contributed by atoms with Crippen molar-refractivity contribution in [3.8, 4) is 0 Å². The van der Waals surface area contributed by atoms with Crippen molar-refractivity contribution in [1.29, 1.82) is 0 Å². The predicted molar refractivity (Wildman–Crippen MR) is 97.2 cm³/mol. The van der Waals surface area contributed by atoms with Gasteiger partial charge in [-0.05, 0) is 43.0 Å². The van der Waals surface area contributed by atoms with E-state index >= 15 is 0 Å². The summed E-state index contributed by atoms with van der Waals surface area (Å²) in [7, 11) is 0. The monoisotopic (exact) mass is 335 g/mol. The van der Waals surface area contributed by atoms with E-state index in [0.717, 1.165) is 46.7 Å². The van der Waals surface area contributed by atoms with Crippen molar-refractivity contribution in [3.05, 3.63) is 34.5 Å². The summed E-state index contributed by atoms with van der Waals surface area (Å²) in [6.07, 6.45) is 0.962. The van der Waals surface area contributed by atoms with Gasteiger partial charge in [-0.3, -0.25) is 0 Å². The molecule has 0 fully saturated rings. The molecule has 1 aromatic carbocycles. The number of aromatic nitrogens is 1. The quantitative estimate of drug-likeness (QED) is 0.776. The minimum atomic E-state index is -0.0195. The van der Waals surface area contributed by atoms with Crippen LogP contribution in [0.15, 0.2) is 18.2 Å². The number of hydrogen-bond acceptors (Lipinski definition) is 1. The summed E-state index contributed by atoms with van der Waals surface area (Å²) in [6, 6.07) is 6.11. The van der Waals surface area contributed by atoms with Crippen LogP contribution in [0.3, 0.4) is 0 Å². The molecule has 1 aromatic heterocycles. The van der Waals surface area contributed by atoms with Crippen LogP contribution >= 0.6 is 11.6 Å². The molecule has 0 aliphatic rings. The molecular weight excluding hydrogens is 310 g/mol. The summed E-state index contributed by atoms with van der Waals surface area (Å²) in [4.78, 5) is 17.3. The Hall–Kier alpha value is -1.68. The highest BCUT2D eigenvalue weighted by Gasteiger charge is 2.12. The maximum Gasteiger partial charge on any atom is 0.317 e. The van der Waals surface area contributed by atoms with E-state index in [1.54, 1.807) is 0 Å². The highest BCUT2D eigenvalue weighted by Crippen LogP contribution is 2.29. The van der Waals surface area contributed by atoms with Gasteiger partial charge in [0.15, 0.2) is 0 Å². The second-order valence-corrected chi connectivity index (χ2v) is 6.56. The van der Waals surface area contributed by atoms with Gasteiger partial charge >= 0.3 is 6.03 Å². The second kappa shape index (κ2) is 7.73. The molecule has 1 heterocycles. The highest BCUT2D eigenvalue weighted by atomic mass is 35.5. The van der Waals surface area contributed by atoms with Crippen molar-refractivity contribution in [2.24, 2.45) is 0 Å². The SMILES string of the molecule is CCCN(CC)C(=O)NCc1cc2cc(Cl)c(C(C)C)cc2[nH]1. The Morgan fingerprint density at radius 1 is 1.30 bits per heavy atom. The zero-order chi connectivity index (χ0) is 17.0. The van der Waals surface area contributed by atoms with Crippen LogP contribution < -0.4 is 5.32 Å². The molecule has 0 radical (unpaired) electrons. The Balaban J connectivity index is 2.11. The summed E-state index contributed by atoms with van der Waals surface area (Å²) in [5.74, 6) is 0.380. The number of amides is 2. The first-order chi connectivity index (χ1) is 11.0. The van der Waals surface area contributed by atoms with E-state index < -0.39 is 0 Å². The van der Waals surface area contributed by atoms with E-state index in [-0.39, 0.29) is 6.03 Å². The average Bonchev–Trinajstić information content (AvgIpc) is 2.90. The molecule has 5 heteroatoms. The minimum Gasteiger partial charge on any atom is -0.357 e. The molecule has 0 bridgehead atoms. The molecule has 2 rings (SSSR count). The Bertz CT molecular complexity index is 678. The first-order valence-electron chi connectivity index (χ1n) is 8.30. The van der Waals surface area contributed by atoms with Crippen LogP contribution in [0.2, 0.25) is 5.02 Å².